The van der Waals surface area contributed by atoms with Gasteiger partial charge in [0.25, 0.3) is 0 Å². The highest BCUT2D eigenvalue weighted by atomic mass is 79.9. The van der Waals surface area contributed by atoms with Crippen LogP contribution in [0.25, 0.3) is 11.0 Å². The number of nitrogens with zero attached hydrogens (tertiary/aromatic N) is 1. The topological polar surface area (TPSA) is 26.0 Å². The van der Waals surface area contributed by atoms with Crippen LogP contribution < -0.4 is 0 Å². The van der Waals surface area contributed by atoms with E-state index in [1.807, 2.05) is 12.1 Å². The van der Waals surface area contributed by atoms with E-state index in [1.165, 1.54) is 31.1 Å². The largest absolute Gasteiger partial charge is 0.355 e. The summed E-state index contributed by atoms with van der Waals surface area (Å²) in [4.78, 5) is 0. The van der Waals surface area contributed by atoms with E-state index in [0.717, 1.165) is 15.7 Å². The summed E-state index contributed by atoms with van der Waals surface area (Å²) in [6, 6.07) is 6.14. The van der Waals surface area contributed by atoms with Gasteiger partial charge in [0.1, 0.15) is 0 Å². The van der Waals surface area contributed by atoms with Gasteiger partial charge in [-0.3, -0.25) is 0 Å². The number of hydrogen-bond donors (Lipinski definition) is 0. The molecule has 0 radical (unpaired) electrons. The van der Waals surface area contributed by atoms with Gasteiger partial charge in [-0.05, 0) is 40.9 Å². The van der Waals surface area contributed by atoms with E-state index in [0.29, 0.717) is 5.92 Å². The van der Waals surface area contributed by atoms with Crippen molar-refractivity contribution in [1.82, 2.24) is 5.16 Å². The van der Waals surface area contributed by atoms with Crippen LogP contribution in [0.1, 0.15) is 37.3 Å². The summed E-state index contributed by atoms with van der Waals surface area (Å²) in [6.45, 7) is 0. The molecule has 2 aromatic rings. The average Bonchev–Trinajstić information content (AvgIpc) is 2.85. The summed E-state index contributed by atoms with van der Waals surface area (Å²) in [5.74, 6) is 0.612. The normalized spacial score (nSPS) is 17.7. The van der Waals surface area contributed by atoms with Crippen LogP contribution in [0.4, 0.5) is 0 Å². The summed E-state index contributed by atoms with van der Waals surface area (Å²) in [5.41, 5.74) is 2.04. The zero-order valence-electron chi connectivity index (χ0n) is 8.37. The van der Waals surface area contributed by atoms with Crippen molar-refractivity contribution in [3.8, 4) is 0 Å². The van der Waals surface area contributed by atoms with E-state index < -0.39 is 0 Å². The zero-order chi connectivity index (χ0) is 10.3. The Morgan fingerprint density at radius 3 is 2.87 bits per heavy atom. The number of fused-ring (bicyclic) bond motifs is 1. The number of halogens is 1. The smallest absolute Gasteiger partial charge is 0.181 e. The van der Waals surface area contributed by atoms with Gasteiger partial charge in [0.15, 0.2) is 5.58 Å². The fraction of sp³-hybridized carbons (Fsp3) is 0.417. The minimum absolute atomic E-state index is 0.612. The van der Waals surface area contributed by atoms with Crippen molar-refractivity contribution in [2.45, 2.75) is 31.6 Å². The maximum atomic E-state index is 5.40. The van der Waals surface area contributed by atoms with E-state index >= 15 is 0 Å². The number of para-hydroxylation sites is 1. The average molecular weight is 266 g/mol. The van der Waals surface area contributed by atoms with Crippen LogP contribution >= 0.6 is 15.9 Å². The first kappa shape index (κ1) is 9.40. The molecule has 1 aromatic carbocycles. The predicted molar refractivity (Wildman–Crippen MR) is 62.9 cm³/mol. The van der Waals surface area contributed by atoms with Crippen LogP contribution in [0, 0.1) is 0 Å². The monoisotopic (exact) mass is 265 g/mol. The highest BCUT2D eigenvalue weighted by Gasteiger charge is 2.23. The maximum Gasteiger partial charge on any atom is 0.181 e. The van der Waals surface area contributed by atoms with Gasteiger partial charge in [-0.2, -0.15) is 0 Å². The van der Waals surface area contributed by atoms with Crippen molar-refractivity contribution in [3.63, 3.8) is 0 Å². The maximum absolute atomic E-state index is 5.40. The molecule has 3 heteroatoms. The molecule has 0 bridgehead atoms. The Hall–Kier alpha value is -0.830. The Morgan fingerprint density at radius 2 is 2.07 bits per heavy atom. The lowest BCUT2D eigenvalue weighted by Crippen LogP contribution is -1.92. The van der Waals surface area contributed by atoms with E-state index in [2.05, 4.69) is 27.2 Å². The molecule has 2 nitrogen and oxygen atoms in total. The molecule has 0 aliphatic heterocycles. The fourth-order valence-corrected chi connectivity index (χ4v) is 2.88. The van der Waals surface area contributed by atoms with Gasteiger partial charge >= 0.3 is 0 Å². The first-order valence-corrected chi connectivity index (χ1v) is 6.19. The molecule has 1 aliphatic rings. The molecule has 0 unspecified atom stereocenters. The molecule has 0 N–H and O–H groups in total. The van der Waals surface area contributed by atoms with E-state index in [-0.39, 0.29) is 0 Å². The number of hydrogen-bond acceptors (Lipinski definition) is 2. The van der Waals surface area contributed by atoms with Crippen molar-refractivity contribution >= 4 is 26.9 Å². The Kier molecular flexibility index (Phi) is 2.28. The van der Waals surface area contributed by atoms with Crippen LogP contribution in [0.2, 0.25) is 0 Å². The third kappa shape index (κ3) is 1.49. The second-order valence-corrected chi connectivity index (χ2v) is 5.02. The first-order valence-electron chi connectivity index (χ1n) is 5.40. The van der Waals surface area contributed by atoms with E-state index in [1.54, 1.807) is 0 Å². The van der Waals surface area contributed by atoms with Gasteiger partial charge in [-0.25, -0.2) is 0 Å². The van der Waals surface area contributed by atoms with Gasteiger partial charge < -0.3 is 4.52 Å². The third-order valence-electron chi connectivity index (χ3n) is 3.22. The fourth-order valence-electron chi connectivity index (χ4n) is 2.44. The lowest BCUT2D eigenvalue weighted by molar-refractivity contribution is 0.436. The molecule has 1 saturated carbocycles. The van der Waals surface area contributed by atoms with Crippen molar-refractivity contribution in [3.05, 3.63) is 28.4 Å². The van der Waals surface area contributed by atoms with Crippen molar-refractivity contribution in [1.29, 1.82) is 0 Å². The van der Waals surface area contributed by atoms with Crippen LogP contribution in [-0.2, 0) is 0 Å². The Bertz CT molecular complexity index is 485. The number of aromatic nitrogens is 1. The summed E-state index contributed by atoms with van der Waals surface area (Å²) in [5, 5.41) is 5.41. The second kappa shape index (κ2) is 3.63. The minimum atomic E-state index is 0.612. The first-order chi connectivity index (χ1) is 7.36. The molecule has 1 heterocycles. The lowest BCUT2D eigenvalue weighted by Gasteiger charge is -2.03. The lowest BCUT2D eigenvalue weighted by atomic mass is 10.0. The van der Waals surface area contributed by atoms with Gasteiger partial charge in [0.05, 0.1) is 10.2 Å². The Labute approximate surface area is 96.8 Å². The number of rotatable bonds is 1. The van der Waals surface area contributed by atoms with Gasteiger partial charge in [0.2, 0.25) is 0 Å². The molecule has 3 rings (SSSR count). The zero-order valence-corrected chi connectivity index (χ0v) is 9.96. The summed E-state index contributed by atoms with van der Waals surface area (Å²) < 4.78 is 6.39. The van der Waals surface area contributed by atoms with Gasteiger partial charge in [-0.1, -0.05) is 24.1 Å². The molecule has 0 spiro atoms. The quantitative estimate of drug-likeness (QED) is 0.771. The van der Waals surface area contributed by atoms with Crippen LogP contribution in [0.3, 0.4) is 0 Å². The SMILES string of the molecule is Brc1cccc2c(C3CCCC3)noc12. The minimum Gasteiger partial charge on any atom is -0.355 e. The molecule has 1 aromatic heterocycles. The highest BCUT2D eigenvalue weighted by molar-refractivity contribution is 9.10. The van der Waals surface area contributed by atoms with E-state index in [4.69, 9.17) is 4.52 Å². The van der Waals surface area contributed by atoms with Crippen molar-refractivity contribution in [2.75, 3.05) is 0 Å². The van der Waals surface area contributed by atoms with E-state index in [9.17, 15) is 0 Å². The summed E-state index contributed by atoms with van der Waals surface area (Å²) in [7, 11) is 0. The molecule has 15 heavy (non-hydrogen) atoms. The molecule has 0 atom stereocenters. The Morgan fingerprint density at radius 1 is 1.27 bits per heavy atom. The molecular weight excluding hydrogens is 254 g/mol. The second-order valence-electron chi connectivity index (χ2n) is 4.17. The van der Waals surface area contributed by atoms with Crippen LogP contribution in [0.15, 0.2) is 27.2 Å². The van der Waals surface area contributed by atoms with Crippen molar-refractivity contribution < 1.29 is 4.52 Å². The summed E-state index contributed by atoms with van der Waals surface area (Å²) in [6.07, 6.45) is 5.17. The standard InChI is InChI=1S/C12H12BrNO/c13-10-7-3-6-9-11(14-15-12(9)10)8-4-1-2-5-8/h3,6-8H,1-2,4-5H2. The molecular formula is C12H12BrNO. The predicted octanol–water partition coefficient (Wildman–Crippen LogP) is 4.25. The molecule has 0 saturated heterocycles. The van der Waals surface area contributed by atoms with Crippen LogP contribution in [0.5, 0.6) is 0 Å². The van der Waals surface area contributed by atoms with Gasteiger partial charge in [0, 0.05) is 11.3 Å². The highest BCUT2D eigenvalue weighted by Crippen LogP contribution is 2.38. The van der Waals surface area contributed by atoms with Gasteiger partial charge in [-0.15, -0.1) is 0 Å². The third-order valence-corrected chi connectivity index (χ3v) is 3.84. The Balaban J connectivity index is 2.15. The summed E-state index contributed by atoms with van der Waals surface area (Å²) >= 11 is 3.49. The number of benzene rings is 1. The van der Waals surface area contributed by atoms with Crippen LogP contribution in [-0.4, -0.2) is 5.16 Å². The molecule has 1 aliphatic carbocycles. The molecule has 1 fully saturated rings. The molecule has 0 amide bonds. The molecule has 78 valence electrons. The van der Waals surface area contributed by atoms with Crippen molar-refractivity contribution in [2.24, 2.45) is 0 Å².